The van der Waals surface area contributed by atoms with E-state index in [1.807, 2.05) is 6.07 Å². The van der Waals surface area contributed by atoms with E-state index in [0.29, 0.717) is 28.4 Å². The van der Waals surface area contributed by atoms with Gasteiger partial charge in [-0.1, -0.05) is 36.4 Å². The van der Waals surface area contributed by atoms with Crippen LogP contribution in [0.25, 0.3) is 11.6 Å². The van der Waals surface area contributed by atoms with Gasteiger partial charge in [-0.3, -0.25) is 4.79 Å². The lowest BCUT2D eigenvalue weighted by molar-refractivity contribution is -0.133. The standard InChI is InChI=1S/C25H20FNO4/c1-29-23-11-10-18(14-24(23)30-2)15-25(28)31-20-7-5-6-17(13-20)12-19(16-27)21-8-3-4-9-22(21)26/h3-14H,15H2,1-2H3/b19-12-. The third kappa shape index (κ3) is 5.49. The van der Waals surface area contributed by atoms with Crippen molar-refractivity contribution in [2.75, 3.05) is 14.2 Å². The van der Waals surface area contributed by atoms with Crippen LogP contribution in [0.3, 0.4) is 0 Å². The third-order valence-electron chi connectivity index (χ3n) is 4.48. The molecular weight excluding hydrogens is 397 g/mol. The number of methoxy groups -OCH3 is 2. The Hall–Kier alpha value is -4.11. The zero-order chi connectivity index (χ0) is 22.2. The summed E-state index contributed by atoms with van der Waals surface area (Å²) < 4.78 is 29.9. The quantitative estimate of drug-likeness (QED) is 0.233. The molecule has 3 rings (SSSR count). The Kier molecular flexibility index (Phi) is 7.02. The van der Waals surface area contributed by atoms with Crippen LogP contribution in [0.1, 0.15) is 16.7 Å². The molecule has 0 unspecified atom stereocenters. The number of carbonyl (C=O) groups excluding carboxylic acids is 1. The lowest BCUT2D eigenvalue weighted by Gasteiger charge is -2.10. The van der Waals surface area contributed by atoms with Crippen LogP contribution in [0.2, 0.25) is 0 Å². The van der Waals surface area contributed by atoms with Gasteiger partial charge in [-0.15, -0.1) is 0 Å². The first-order valence-corrected chi connectivity index (χ1v) is 9.42. The van der Waals surface area contributed by atoms with Crippen LogP contribution in [0.5, 0.6) is 17.2 Å². The number of carbonyl (C=O) groups is 1. The Morgan fingerprint density at radius 3 is 2.48 bits per heavy atom. The van der Waals surface area contributed by atoms with E-state index in [1.54, 1.807) is 60.7 Å². The first kappa shape index (κ1) is 21.6. The molecule has 0 atom stereocenters. The molecule has 0 amide bonds. The van der Waals surface area contributed by atoms with Crippen molar-refractivity contribution in [1.29, 1.82) is 5.26 Å². The number of benzene rings is 3. The highest BCUT2D eigenvalue weighted by Crippen LogP contribution is 2.28. The van der Waals surface area contributed by atoms with E-state index in [0.717, 1.165) is 0 Å². The molecule has 0 radical (unpaired) electrons. The average Bonchev–Trinajstić information content (AvgIpc) is 2.78. The summed E-state index contributed by atoms with van der Waals surface area (Å²) in [5.41, 5.74) is 1.70. The number of nitriles is 1. The van der Waals surface area contributed by atoms with Crippen molar-refractivity contribution in [2.45, 2.75) is 6.42 Å². The summed E-state index contributed by atoms with van der Waals surface area (Å²) in [5, 5.41) is 9.43. The molecule has 0 fully saturated rings. The summed E-state index contributed by atoms with van der Waals surface area (Å²) in [5.74, 6) is 0.486. The van der Waals surface area contributed by atoms with Gasteiger partial charge in [-0.2, -0.15) is 5.26 Å². The number of ether oxygens (including phenoxy) is 3. The lowest BCUT2D eigenvalue weighted by Crippen LogP contribution is -2.11. The molecule has 0 saturated carbocycles. The fraction of sp³-hybridized carbons (Fsp3) is 0.120. The molecule has 0 heterocycles. The van der Waals surface area contributed by atoms with Crippen LogP contribution in [0.15, 0.2) is 66.7 Å². The summed E-state index contributed by atoms with van der Waals surface area (Å²) in [6.07, 6.45) is 1.59. The molecule has 0 spiro atoms. The van der Waals surface area contributed by atoms with Crippen LogP contribution in [0.4, 0.5) is 4.39 Å². The zero-order valence-electron chi connectivity index (χ0n) is 17.1. The molecule has 3 aromatic rings. The van der Waals surface area contributed by atoms with Crippen LogP contribution in [0, 0.1) is 17.1 Å². The van der Waals surface area contributed by atoms with Crippen molar-refractivity contribution < 1.29 is 23.4 Å². The van der Waals surface area contributed by atoms with E-state index in [2.05, 4.69) is 0 Å². The van der Waals surface area contributed by atoms with Crippen molar-refractivity contribution in [3.63, 3.8) is 0 Å². The van der Waals surface area contributed by atoms with E-state index in [4.69, 9.17) is 14.2 Å². The van der Waals surface area contributed by atoms with E-state index in [1.165, 1.54) is 26.4 Å². The molecule has 0 aromatic heterocycles. The molecule has 5 nitrogen and oxygen atoms in total. The first-order valence-electron chi connectivity index (χ1n) is 9.42. The molecule has 0 aliphatic heterocycles. The second-order valence-corrected chi connectivity index (χ2v) is 6.56. The number of allylic oxidation sites excluding steroid dienone is 1. The monoisotopic (exact) mass is 417 g/mol. The van der Waals surface area contributed by atoms with Gasteiger partial charge in [-0.25, -0.2) is 4.39 Å². The molecule has 0 aliphatic rings. The Morgan fingerprint density at radius 1 is 1.00 bits per heavy atom. The number of halogens is 1. The topological polar surface area (TPSA) is 68.5 Å². The summed E-state index contributed by atoms with van der Waals surface area (Å²) >= 11 is 0. The van der Waals surface area contributed by atoms with Crippen molar-refractivity contribution >= 4 is 17.6 Å². The van der Waals surface area contributed by atoms with Gasteiger partial charge in [0.05, 0.1) is 32.3 Å². The average molecular weight is 417 g/mol. The Morgan fingerprint density at radius 2 is 1.77 bits per heavy atom. The van der Waals surface area contributed by atoms with Gasteiger partial charge in [0, 0.05) is 5.56 Å². The minimum absolute atomic E-state index is 0.0408. The predicted octanol–water partition coefficient (Wildman–Crippen LogP) is 5.06. The Bertz CT molecular complexity index is 1160. The van der Waals surface area contributed by atoms with Gasteiger partial charge in [0.25, 0.3) is 0 Å². The summed E-state index contributed by atoms with van der Waals surface area (Å²) in [6.45, 7) is 0. The van der Waals surface area contributed by atoms with E-state index in [9.17, 15) is 14.4 Å². The van der Waals surface area contributed by atoms with Gasteiger partial charge in [0.15, 0.2) is 11.5 Å². The smallest absolute Gasteiger partial charge is 0.315 e. The fourth-order valence-corrected chi connectivity index (χ4v) is 3.01. The predicted molar refractivity (Wildman–Crippen MR) is 115 cm³/mol. The minimum Gasteiger partial charge on any atom is -0.493 e. The number of hydrogen-bond donors (Lipinski definition) is 0. The highest BCUT2D eigenvalue weighted by Gasteiger charge is 2.11. The molecule has 0 saturated heterocycles. The van der Waals surface area contributed by atoms with Crippen molar-refractivity contribution in [3.8, 4) is 23.3 Å². The highest BCUT2D eigenvalue weighted by atomic mass is 19.1. The largest absolute Gasteiger partial charge is 0.493 e. The molecular formula is C25H20FNO4. The Labute approximate surface area is 179 Å². The molecule has 0 N–H and O–H groups in total. The third-order valence-corrected chi connectivity index (χ3v) is 4.48. The summed E-state index contributed by atoms with van der Waals surface area (Å²) in [6, 6.07) is 20.0. The number of nitrogens with zero attached hydrogens (tertiary/aromatic N) is 1. The molecule has 6 heteroatoms. The van der Waals surface area contributed by atoms with Gasteiger partial charge < -0.3 is 14.2 Å². The van der Waals surface area contributed by atoms with Gasteiger partial charge >= 0.3 is 5.97 Å². The maximum Gasteiger partial charge on any atom is 0.315 e. The van der Waals surface area contributed by atoms with Crippen LogP contribution < -0.4 is 14.2 Å². The fourth-order valence-electron chi connectivity index (χ4n) is 3.01. The maximum atomic E-state index is 14.0. The second-order valence-electron chi connectivity index (χ2n) is 6.56. The normalized spacial score (nSPS) is 10.8. The lowest BCUT2D eigenvalue weighted by atomic mass is 10.0. The SMILES string of the molecule is COc1ccc(CC(=O)Oc2cccc(/C=C(/C#N)c3ccccc3F)c2)cc1OC. The van der Waals surface area contributed by atoms with Gasteiger partial charge in [0.2, 0.25) is 0 Å². The minimum atomic E-state index is -0.479. The van der Waals surface area contributed by atoms with E-state index < -0.39 is 11.8 Å². The van der Waals surface area contributed by atoms with Crippen molar-refractivity contribution in [3.05, 3.63) is 89.2 Å². The van der Waals surface area contributed by atoms with Crippen LogP contribution >= 0.6 is 0 Å². The summed E-state index contributed by atoms with van der Waals surface area (Å²) in [4.78, 5) is 12.4. The van der Waals surface area contributed by atoms with Gasteiger partial charge in [0.1, 0.15) is 11.6 Å². The maximum absolute atomic E-state index is 14.0. The Balaban J connectivity index is 1.75. The van der Waals surface area contributed by atoms with E-state index >= 15 is 0 Å². The number of esters is 1. The number of hydrogen-bond acceptors (Lipinski definition) is 5. The first-order chi connectivity index (χ1) is 15.0. The van der Waals surface area contributed by atoms with Crippen molar-refractivity contribution in [2.24, 2.45) is 0 Å². The van der Waals surface area contributed by atoms with Gasteiger partial charge in [-0.05, 0) is 47.5 Å². The summed E-state index contributed by atoms with van der Waals surface area (Å²) in [7, 11) is 3.06. The highest BCUT2D eigenvalue weighted by molar-refractivity contribution is 5.90. The molecule has 3 aromatic carbocycles. The number of rotatable bonds is 7. The second kappa shape index (κ2) is 10.1. The molecule has 156 valence electrons. The van der Waals surface area contributed by atoms with Crippen LogP contribution in [-0.2, 0) is 11.2 Å². The molecule has 31 heavy (non-hydrogen) atoms. The van der Waals surface area contributed by atoms with Crippen molar-refractivity contribution in [1.82, 2.24) is 0 Å². The van der Waals surface area contributed by atoms with Crippen LogP contribution in [-0.4, -0.2) is 20.2 Å². The molecule has 0 bridgehead atoms. The zero-order valence-corrected chi connectivity index (χ0v) is 17.1. The van der Waals surface area contributed by atoms with E-state index in [-0.39, 0.29) is 17.6 Å². The molecule has 0 aliphatic carbocycles.